The average Bonchev–Trinajstić information content (AvgIpc) is 3.13. The summed E-state index contributed by atoms with van der Waals surface area (Å²) in [7, 11) is 0. The summed E-state index contributed by atoms with van der Waals surface area (Å²) in [5.74, 6) is 1.37. The van der Waals surface area contributed by atoms with E-state index in [2.05, 4.69) is 10.6 Å². The summed E-state index contributed by atoms with van der Waals surface area (Å²) < 4.78 is 10.7. The van der Waals surface area contributed by atoms with E-state index in [1.165, 1.54) is 5.56 Å². The van der Waals surface area contributed by atoms with E-state index in [-0.39, 0.29) is 12.7 Å². The van der Waals surface area contributed by atoms with Gasteiger partial charge in [-0.2, -0.15) is 0 Å². The third-order valence-electron chi connectivity index (χ3n) is 4.57. The first kappa shape index (κ1) is 17.0. The molecule has 0 bridgehead atoms. The molecule has 0 unspecified atom stereocenters. The predicted octanol–water partition coefficient (Wildman–Crippen LogP) is 5.03. The van der Waals surface area contributed by atoms with Gasteiger partial charge in [-0.25, -0.2) is 0 Å². The molecule has 0 saturated carbocycles. The smallest absolute Gasteiger partial charge is 0.255 e. The summed E-state index contributed by atoms with van der Waals surface area (Å²) in [4.78, 5) is 12.4. The van der Waals surface area contributed by atoms with Gasteiger partial charge >= 0.3 is 0 Å². The van der Waals surface area contributed by atoms with Crippen molar-refractivity contribution in [2.75, 3.05) is 17.4 Å². The number of hydrogen-bond donors (Lipinski definition) is 2. The monoisotopic (exact) mass is 360 g/mol. The lowest BCUT2D eigenvalue weighted by Crippen LogP contribution is -2.12. The SMILES string of the molecule is Cc1ccc(C(=O)Nc2ccc(Nc3ccc4c(c3)OCO4)cc2)cc1C. The molecular weight excluding hydrogens is 340 g/mol. The minimum absolute atomic E-state index is 0.116. The highest BCUT2D eigenvalue weighted by Gasteiger charge is 2.13. The van der Waals surface area contributed by atoms with E-state index >= 15 is 0 Å². The Morgan fingerprint density at radius 2 is 1.48 bits per heavy atom. The van der Waals surface area contributed by atoms with Gasteiger partial charge in [0.25, 0.3) is 5.91 Å². The molecule has 1 aliphatic rings. The van der Waals surface area contributed by atoms with E-state index in [0.29, 0.717) is 5.56 Å². The Morgan fingerprint density at radius 1 is 0.778 bits per heavy atom. The number of hydrogen-bond acceptors (Lipinski definition) is 4. The van der Waals surface area contributed by atoms with Crippen molar-refractivity contribution in [1.29, 1.82) is 0 Å². The predicted molar refractivity (Wildman–Crippen MR) is 106 cm³/mol. The molecule has 27 heavy (non-hydrogen) atoms. The van der Waals surface area contributed by atoms with Gasteiger partial charge < -0.3 is 20.1 Å². The van der Waals surface area contributed by atoms with Gasteiger partial charge in [0, 0.05) is 28.7 Å². The normalized spacial score (nSPS) is 11.9. The van der Waals surface area contributed by atoms with E-state index in [4.69, 9.17) is 9.47 Å². The van der Waals surface area contributed by atoms with Gasteiger partial charge in [0.2, 0.25) is 6.79 Å². The highest BCUT2D eigenvalue weighted by atomic mass is 16.7. The van der Waals surface area contributed by atoms with Crippen LogP contribution in [0.1, 0.15) is 21.5 Å². The Morgan fingerprint density at radius 3 is 2.26 bits per heavy atom. The summed E-state index contributed by atoms with van der Waals surface area (Å²) >= 11 is 0. The maximum atomic E-state index is 12.4. The Labute approximate surface area is 157 Å². The molecule has 0 radical (unpaired) electrons. The van der Waals surface area contributed by atoms with Crippen LogP contribution in [0.5, 0.6) is 11.5 Å². The summed E-state index contributed by atoms with van der Waals surface area (Å²) in [5, 5.41) is 6.24. The second kappa shape index (κ2) is 7.03. The molecule has 0 fully saturated rings. The minimum atomic E-state index is -0.116. The van der Waals surface area contributed by atoms with Gasteiger partial charge in [-0.05, 0) is 73.5 Å². The maximum Gasteiger partial charge on any atom is 0.255 e. The third kappa shape index (κ3) is 3.72. The van der Waals surface area contributed by atoms with Crippen molar-refractivity contribution in [3.63, 3.8) is 0 Å². The molecule has 0 spiro atoms. The molecule has 0 aromatic heterocycles. The summed E-state index contributed by atoms with van der Waals surface area (Å²) in [6, 6.07) is 19.0. The minimum Gasteiger partial charge on any atom is -0.454 e. The van der Waals surface area contributed by atoms with Crippen molar-refractivity contribution in [2.24, 2.45) is 0 Å². The average molecular weight is 360 g/mol. The topological polar surface area (TPSA) is 59.6 Å². The number of amides is 1. The Bertz CT molecular complexity index is 997. The third-order valence-corrected chi connectivity index (χ3v) is 4.57. The zero-order valence-electron chi connectivity index (χ0n) is 15.2. The van der Waals surface area contributed by atoms with Crippen LogP contribution < -0.4 is 20.1 Å². The van der Waals surface area contributed by atoms with Crippen LogP contribution >= 0.6 is 0 Å². The van der Waals surface area contributed by atoms with Gasteiger partial charge in [0.05, 0.1) is 0 Å². The molecule has 5 nitrogen and oxygen atoms in total. The largest absolute Gasteiger partial charge is 0.454 e. The molecule has 2 N–H and O–H groups in total. The zero-order valence-corrected chi connectivity index (χ0v) is 15.2. The van der Waals surface area contributed by atoms with Crippen LogP contribution in [0.25, 0.3) is 0 Å². The van der Waals surface area contributed by atoms with E-state index in [1.54, 1.807) is 0 Å². The van der Waals surface area contributed by atoms with Gasteiger partial charge in [-0.1, -0.05) is 6.07 Å². The van der Waals surface area contributed by atoms with Crippen molar-refractivity contribution in [3.8, 4) is 11.5 Å². The van der Waals surface area contributed by atoms with Crippen molar-refractivity contribution in [2.45, 2.75) is 13.8 Å². The second-order valence-electron chi connectivity index (χ2n) is 6.52. The lowest BCUT2D eigenvalue weighted by Gasteiger charge is -2.10. The summed E-state index contributed by atoms with van der Waals surface area (Å²) in [5.41, 5.74) is 5.50. The van der Waals surface area contributed by atoms with E-state index in [9.17, 15) is 4.79 Å². The number of carbonyl (C=O) groups excluding carboxylic acids is 1. The van der Waals surface area contributed by atoms with Crippen LogP contribution in [0.3, 0.4) is 0 Å². The fraction of sp³-hybridized carbons (Fsp3) is 0.136. The fourth-order valence-corrected chi connectivity index (χ4v) is 2.86. The lowest BCUT2D eigenvalue weighted by atomic mass is 10.1. The van der Waals surface area contributed by atoms with Crippen LogP contribution in [0.15, 0.2) is 60.7 Å². The van der Waals surface area contributed by atoms with E-state index in [0.717, 1.165) is 34.1 Å². The molecule has 5 heteroatoms. The van der Waals surface area contributed by atoms with Crippen molar-refractivity contribution >= 4 is 23.0 Å². The molecule has 3 aromatic rings. The first-order valence-corrected chi connectivity index (χ1v) is 8.74. The summed E-state index contributed by atoms with van der Waals surface area (Å²) in [6.07, 6.45) is 0. The van der Waals surface area contributed by atoms with Crippen molar-refractivity contribution in [1.82, 2.24) is 0 Å². The molecule has 0 atom stereocenters. The van der Waals surface area contributed by atoms with E-state index in [1.807, 2.05) is 74.5 Å². The van der Waals surface area contributed by atoms with Crippen molar-refractivity contribution < 1.29 is 14.3 Å². The standard InChI is InChI=1S/C22H20N2O3/c1-14-3-4-16(11-15(14)2)22(25)24-18-7-5-17(6-8-18)23-19-9-10-20-21(12-19)27-13-26-20/h3-12,23H,13H2,1-2H3,(H,24,25). The molecular formula is C22H20N2O3. The maximum absolute atomic E-state index is 12.4. The fourth-order valence-electron chi connectivity index (χ4n) is 2.86. The highest BCUT2D eigenvalue weighted by molar-refractivity contribution is 6.04. The summed E-state index contributed by atoms with van der Waals surface area (Å²) in [6.45, 7) is 4.29. The molecule has 1 amide bonds. The molecule has 0 aliphatic carbocycles. The van der Waals surface area contributed by atoms with Gasteiger partial charge in [-0.15, -0.1) is 0 Å². The number of benzene rings is 3. The Balaban J connectivity index is 1.42. The molecule has 3 aromatic carbocycles. The first-order valence-electron chi connectivity index (χ1n) is 8.74. The van der Waals surface area contributed by atoms with E-state index < -0.39 is 0 Å². The quantitative estimate of drug-likeness (QED) is 0.685. The van der Waals surface area contributed by atoms with Crippen LogP contribution in [0.4, 0.5) is 17.1 Å². The zero-order chi connectivity index (χ0) is 18.8. The van der Waals surface area contributed by atoms with Crippen LogP contribution in [-0.2, 0) is 0 Å². The van der Waals surface area contributed by atoms with Crippen LogP contribution in [-0.4, -0.2) is 12.7 Å². The van der Waals surface area contributed by atoms with Gasteiger partial charge in [0.15, 0.2) is 11.5 Å². The number of fused-ring (bicyclic) bond motifs is 1. The molecule has 0 saturated heterocycles. The number of rotatable bonds is 4. The van der Waals surface area contributed by atoms with Gasteiger partial charge in [-0.3, -0.25) is 4.79 Å². The van der Waals surface area contributed by atoms with Crippen LogP contribution in [0.2, 0.25) is 0 Å². The lowest BCUT2D eigenvalue weighted by molar-refractivity contribution is 0.102. The number of carbonyl (C=O) groups is 1. The Hall–Kier alpha value is -3.47. The van der Waals surface area contributed by atoms with Crippen LogP contribution in [0, 0.1) is 13.8 Å². The number of anilines is 3. The second-order valence-corrected chi connectivity index (χ2v) is 6.52. The Kier molecular flexibility index (Phi) is 4.42. The van der Waals surface area contributed by atoms with Crippen molar-refractivity contribution in [3.05, 3.63) is 77.4 Å². The number of aryl methyl sites for hydroxylation is 2. The molecule has 1 aliphatic heterocycles. The number of ether oxygens (including phenoxy) is 2. The molecule has 4 rings (SSSR count). The highest BCUT2D eigenvalue weighted by Crippen LogP contribution is 2.35. The first-order chi connectivity index (χ1) is 13.1. The molecule has 136 valence electrons. The van der Waals surface area contributed by atoms with Gasteiger partial charge in [0.1, 0.15) is 0 Å². The number of nitrogens with one attached hydrogen (secondary N) is 2. The molecule has 1 heterocycles.